The van der Waals surface area contributed by atoms with Gasteiger partial charge >= 0.3 is 0 Å². The second kappa shape index (κ2) is 6.98. The number of fused-ring (bicyclic) bond motifs is 1. The topological polar surface area (TPSA) is 24.3 Å². The van der Waals surface area contributed by atoms with Gasteiger partial charge in [0.25, 0.3) is 0 Å². The zero-order chi connectivity index (χ0) is 17.2. The number of aryl methyl sites for hydroxylation is 2. The fraction of sp³-hybridized carbons (Fsp3) is 0.381. The fourth-order valence-electron chi connectivity index (χ4n) is 3.67. The third-order valence-electron chi connectivity index (χ3n) is 5.36. The molecule has 0 aliphatic carbocycles. The van der Waals surface area contributed by atoms with Gasteiger partial charge in [-0.3, -0.25) is 9.80 Å². The average Bonchev–Trinajstić information content (AvgIpc) is 2.95. The first-order valence-electron chi connectivity index (χ1n) is 9.10. The Labute approximate surface area is 149 Å². The van der Waals surface area contributed by atoms with Crippen molar-refractivity contribution in [2.75, 3.05) is 26.2 Å². The Morgan fingerprint density at radius 1 is 0.840 bits per heavy atom. The minimum Gasteiger partial charge on any atom is -0.330 e. The summed E-state index contributed by atoms with van der Waals surface area (Å²) >= 11 is 0. The van der Waals surface area contributed by atoms with E-state index in [1.54, 1.807) is 0 Å². The maximum Gasteiger partial charge on any atom is 0.123 e. The number of piperazine rings is 1. The molecule has 4 nitrogen and oxygen atoms in total. The van der Waals surface area contributed by atoms with Gasteiger partial charge in [-0.1, -0.05) is 36.4 Å². The highest BCUT2D eigenvalue weighted by Gasteiger charge is 2.19. The summed E-state index contributed by atoms with van der Waals surface area (Å²) in [5, 5.41) is 0. The van der Waals surface area contributed by atoms with E-state index >= 15 is 0 Å². The van der Waals surface area contributed by atoms with E-state index in [1.165, 1.54) is 16.6 Å². The zero-order valence-corrected chi connectivity index (χ0v) is 15.2. The van der Waals surface area contributed by atoms with Crippen molar-refractivity contribution in [3.05, 3.63) is 65.5 Å². The van der Waals surface area contributed by atoms with Gasteiger partial charge in [-0.2, -0.15) is 0 Å². The standard InChI is InChI=1S/C21H26N4/c1-17-7-3-4-8-18(17)15-24-11-13-25(14-12-24)16-21-22-19-9-5-6-10-20(19)23(21)2/h3-10H,11-16H2,1-2H3. The minimum absolute atomic E-state index is 0.934. The van der Waals surface area contributed by atoms with E-state index in [0.29, 0.717) is 0 Å². The minimum atomic E-state index is 0.934. The van der Waals surface area contributed by atoms with E-state index in [0.717, 1.165) is 50.6 Å². The van der Waals surface area contributed by atoms with Crippen LogP contribution in [0.1, 0.15) is 17.0 Å². The van der Waals surface area contributed by atoms with Crippen molar-refractivity contribution in [3.8, 4) is 0 Å². The lowest BCUT2D eigenvalue weighted by Crippen LogP contribution is -2.45. The first-order chi connectivity index (χ1) is 12.2. The van der Waals surface area contributed by atoms with Gasteiger partial charge in [0.2, 0.25) is 0 Å². The number of rotatable bonds is 4. The molecule has 0 spiro atoms. The molecule has 4 heteroatoms. The van der Waals surface area contributed by atoms with Crippen LogP contribution in [0.3, 0.4) is 0 Å². The van der Waals surface area contributed by atoms with Crippen LogP contribution in [0.2, 0.25) is 0 Å². The lowest BCUT2D eigenvalue weighted by molar-refractivity contribution is 0.119. The Kier molecular flexibility index (Phi) is 4.55. The monoisotopic (exact) mass is 334 g/mol. The van der Waals surface area contributed by atoms with E-state index in [1.807, 2.05) is 0 Å². The zero-order valence-electron chi connectivity index (χ0n) is 15.2. The molecule has 1 saturated heterocycles. The molecule has 0 atom stereocenters. The Morgan fingerprint density at radius 3 is 2.20 bits per heavy atom. The highest BCUT2D eigenvalue weighted by Crippen LogP contribution is 2.17. The highest BCUT2D eigenvalue weighted by molar-refractivity contribution is 5.75. The molecule has 1 fully saturated rings. The maximum atomic E-state index is 4.81. The van der Waals surface area contributed by atoms with E-state index in [4.69, 9.17) is 4.98 Å². The van der Waals surface area contributed by atoms with E-state index in [2.05, 4.69) is 76.9 Å². The lowest BCUT2D eigenvalue weighted by Gasteiger charge is -2.34. The molecule has 3 aromatic rings. The normalized spacial score (nSPS) is 16.6. The van der Waals surface area contributed by atoms with Crippen molar-refractivity contribution < 1.29 is 0 Å². The second-order valence-electron chi connectivity index (χ2n) is 7.05. The van der Waals surface area contributed by atoms with Crippen LogP contribution in [0.15, 0.2) is 48.5 Å². The summed E-state index contributed by atoms with van der Waals surface area (Å²) in [6.07, 6.45) is 0. The smallest absolute Gasteiger partial charge is 0.123 e. The molecule has 0 amide bonds. The molecule has 0 saturated carbocycles. The molecule has 2 aromatic carbocycles. The van der Waals surface area contributed by atoms with E-state index < -0.39 is 0 Å². The molecular weight excluding hydrogens is 308 g/mol. The van der Waals surface area contributed by atoms with Gasteiger partial charge in [-0.15, -0.1) is 0 Å². The fourth-order valence-corrected chi connectivity index (χ4v) is 3.67. The first-order valence-corrected chi connectivity index (χ1v) is 9.10. The molecule has 0 radical (unpaired) electrons. The summed E-state index contributed by atoms with van der Waals surface area (Å²) in [7, 11) is 2.12. The van der Waals surface area contributed by atoms with Crippen LogP contribution in [-0.2, 0) is 20.1 Å². The highest BCUT2D eigenvalue weighted by atomic mass is 15.3. The quantitative estimate of drug-likeness (QED) is 0.732. The van der Waals surface area contributed by atoms with Crippen LogP contribution in [0.25, 0.3) is 11.0 Å². The predicted octanol–water partition coefficient (Wildman–Crippen LogP) is 3.20. The number of nitrogens with zero attached hydrogens (tertiary/aromatic N) is 4. The summed E-state index contributed by atoms with van der Waals surface area (Å²) in [6, 6.07) is 17.1. The Bertz CT molecular complexity index is 859. The van der Waals surface area contributed by atoms with Gasteiger partial charge in [0.05, 0.1) is 17.6 Å². The first kappa shape index (κ1) is 16.3. The van der Waals surface area contributed by atoms with Crippen molar-refractivity contribution in [1.82, 2.24) is 19.4 Å². The molecule has 2 heterocycles. The maximum absolute atomic E-state index is 4.81. The number of benzene rings is 2. The van der Waals surface area contributed by atoms with Gasteiger partial charge in [0.15, 0.2) is 0 Å². The summed E-state index contributed by atoms with van der Waals surface area (Å²) in [4.78, 5) is 9.90. The number of para-hydroxylation sites is 2. The summed E-state index contributed by atoms with van der Waals surface area (Å²) in [5.74, 6) is 1.16. The summed E-state index contributed by atoms with van der Waals surface area (Å²) in [5.41, 5.74) is 5.16. The third kappa shape index (κ3) is 3.46. The Hall–Kier alpha value is -2.17. The van der Waals surface area contributed by atoms with Crippen molar-refractivity contribution in [1.29, 1.82) is 0 Å². The van der Waals surface area contributed by atoms with Crippen molar-refractivity contribution >= 4 is 11.0 Å². The molecule has 1 aromatic heterocycles. The number of hydrogen-bond acceptors (Lipinski definition) is 3. The van der Waals surface area contributed by atoms with Crippen molar-refractivity contribution in [2.24, 2.45) is 7.05 Å². The number of hydrogen-bond donors (Lipinski definition) is 0. The molecule has 130 valence electrons. The van der Waals surface area contributed by atoms with Crippen molar-refractivity contribution in [2.45, 2.75) is 20.0 Å². The van der Waals surface area contributed by atoms with Gasteiger partial charge in [0, 0.05) is 39.8 Å². The molecule has 1 aliphatic heterocycles. The van der Waals surface area contributed by atoms with Crippen LogP contribution in [-0.4, -0.2) is 45.5 Å². The van der Waals surface area contributed by atoms with Gasteiger partial charge in [0.1, 0.15) is 5.82 Å². The van der Waals surface area contributed by atoms with Gasteiger partial charge < -0.3 is 4.57 Å². The number of aromatic nitrogens is 2. The predicted molar refractivity (Wildman–Crippen MR) is 102 cm³/mol. The summed E-state index contributed by atoms with van der Waals surface area (Å²) < 4.78 is 2.23. The van der Waals surface area contributed by atoms with Crippen LogP contribution in [0.4, 0.5) is 0 Å². The number of imidazole rings is 1. The van der Waals surface area contributed by atoms with Crippen LogP contribution in [0.5, 0.6) is 0 Å². The largest absolute Gasteiger partial charge is 0.330 e. The van der Waals surface area contributed by atoms with Crippen LogP contribution in [0, 0.1) is 6.92 Å². The van der Waals surface area contributed by atoms with Gasteiger partial charge in [-0.05, 0) is 30.2 Å². The molecule has 0 bridgehead atoms. The Morgan fingerprint density at radius 2 is 1.48 bits per heavy atom. The van der Waals surface area contributed by atoms with E-state index in [9.17, 15) is 0 Å². The second-order valence-corrected chi connectivity index (χ2v) is 7.05. The molecule has 0 N–H and O–H groups in total. The van der Waals surface area contributed by atoms with Crippen LogP contribution < -0.4 is 0 Å². The Balaban J connectivity index is 1.37. The van der Waals surface area contributed by atoms with Gasteiger partial charge in [-0.25, -0.2) is 4.98 Å². The third-order valence-corrected chi connectivity index (χ3v) is 5.36. The van der Waals surface area contributed by atoms with Crippen molar-refractivity contribution in [3.63, 3.8) is 0 Å². The molecule has 0 unspecified atom stereocenters. The average molecular weight is 334 g/mol. The SMILES string of the molecule is Cc1ccccc1CN1CCN(Cc2nc3ccccc3n2C)CC1. The lowest BCUT2D eigenvalue weighted by atomic mass is 10.1. The van der Waals surface area contributed by atoms with E-state index in [-0.39, 0.29) is 0 Å². The molecule has 25 heavy (non-hydrogen) atoms. The molecular formula is C21H26N4. The molecule has 1 aliphatic rings. The van der Waals surface area contributed by atoms with Crippen LogP contribution >= 0.6 is 0 Å². The molecule has 4 rings (SSSR count). The summed E-state index contributed by atoms with van der Waals surface area (Å²) in [6.45, 7) is 8.66.